The van der Waals surface area contributed by atoms with E-state index in [4.69, 9.17) is 16.3 Å². The summed E-state index contributed by atoms with van der Waals surface area (Å²) in [6.45, 7) is 5.05. The Hall–Kier alpha value is -3.56. The molecule has 1 N–H and O–H groups in total. The largest absolute Gasteiger partial charge is 0.495 e. The molecule has 0 aromatic heterocycles. The maximum atomic E-state index is 13.9. The van der Waals surface area contributed by atoms with Crippen LogP contribution in [0.25, 0.3) is 0 Å². The second-order valence-electron chi connectivity index (χ2n) is 9.14. The highest BCUT2D eigenvalue weighted by Gasteiger charge is 2.33. The molecule has 0 saturated carbocycles. The van der Waals surface area contributed by atoms with Crippen LogP contribution in [-0.2, 0) is 26.2 Å². The highest BCUT2D eigenvalue weighted by atomic mass is 35.5. The number of sulfonamides is 1. The van der Waals surface area contributed by atoms with Crippen LogP contribution < -0.4 is 14.4 Å². The summed E-state index contributed by atoms with van der Waals surface area (Å²) in [5.74, 6) is -0.500. The quantitative estimate of drug-likeness (QED) is 0.334. The van der Waals surface area contributed by atoms with Gasteiger partial charge >= 0.3 is 0 Å². The van der Waals surface area contributed by atoms with Crippen LogP contribution in [0.4, 0.5) is 5.69 Å². The van der Waals surface area contributed by atoms with E-state index in [1.165, 1.54) is 36.3 Å². The summed E-state index contributed by atoms with van der Waals surface area (Å²) >= 11 is 6.34. The van der Waals surface area contributed by atoms with E-state index in [0.29, 0.717) is 5.75 Å². The highest BCUT2D eigenvalue weighted by Crippen LogP contribution is 2.32. The minimum absolute atomic E-state index is 0.0157. The minimum atomic E-state index is -4.17. The summed E-state index contributed by atoms with van der Waals surface area (Å²) in [6, 6.07) is 20.7. The minimum Gasteiger partial charge on any atom is -0.495 e. The first kappa shape index (κ1) is 30.0. The summed E-state index contributed by atoms with van der Waals surface area (Å²) in [7, 11) is -2.72. The van der Waals surface area contributed by atoms with E-state index >= 15 is 0 Å². The van der Waals surface area contributed by atoms with Crippen LogP contribution in [0.2, 0.25) is 5.02 Å². The van der Waals surface area contributed by atoms with E-state index in [0.717, 1.165) is 16.3 Å². The van der Waals surface area contributed by atoms with Gasteiger partial charge in [0.25, 0.3) is 10.0 Å². The van der Waals surface area contributed by atoms with Gasteiger partial charge < -0.3 is 15.0 Å². The number of carbonyl (C=O) groups excluding carboxylic acids is 2. The number of ether oxygens (including phenoxy) is 1. The molecule has 0 fully saturated rings. The number of anilines is 1. The molecule has 0 aliphatic heterocycles. The Balaban J connectivity index is 2.03. The molecule has 0 unspecified atom stereocenters. The zero-order valence-electron chi connectivity index (χ0n) is 22.5. The second kappa shape index (κ2) is 13.5. The van der Waals surface area contributed by atoms with Crippen molar-refractivity contribution in [1.82, 2.24) is 10.2 Å². The van der Waals surface area contributed by atoms with E-state index in [1.54, 1.807) is 31.2 Å². The van der Waals surface area contributed by atoms with E-state index in [2.05, 4.69) is 5.32 Å². The van der Waals surface area contributed by atoms with Gasteiger partial charge in [0.05, 0.1) is 22.7 Å². The van der Waals surface area contributed by atoms with E-state index in [1.807, 2.05) is 44.2 Å². The molecule has 0 radical (unpaired) electrons. The van der Waals surface area contributed by atoms with Crippen molar-refractivity contribution in [2.24, 2.45) is 0 Å². The molecule has 2 atom stereocenters. The number of nitrogens with zero attached hydrogens (tertiary/aromatic N) is 2. The lowest BCUT2D eigenvalue weighted by atomic mass is 10.1. The normalized spacial score (nSPS) is 12.7. The topological polar surface area (TPSA) is 96.0 Å². The Morgan fingerprint density at radius 2 is 1.59 bits per heavy atom. The van der Waals surface area contributed by atoms with Crippen LogP contribution in [0.1, 0.15) is 32.8 Å². The van der Waals surface area contributed by atoms with Crippen LogP contribution in [0.5, 0.6) is 5.75 Å². The van der Waals surface area contributed by atoms with Gasteiger partial charge in [-0.05, 0) is 56.2 Å². The maximum Gasteiger partial charge on any atom is 0.264 e. The molecule has 3 rings (SSSR count). The highest BCUT2D eigenvalue weighted by molar-refractivity contribution is 7.92. The zero-order valence-corrected chi connectivity index (χ0v) is 24.1. The monoisotopic (exact) mass is 571 g/mol. The summed E-state index contributed by atoms with van der Waals surface area (Å²) < 4.78 is 33.8. The van der Waals surface area contributed by atoms with Crippen molar-refractivity contribution in [2.75, 3.05) is 18.0 Å². The molecule has 3 aromatic carbocycles. The van der Waals surface area contributed by atoms with Crippen molar-refractivity contribution in [3.05, 3.63) is 89.4 Å². The Morgan fingerprint density at radius 3 is 2.15 bits per heavy atom. The molecule has 0 saturated heterocycles. The fourth-order valence-electron chi connectivity index (χ4n) is 3.89. The number of rotatable bonds is 12. The van der Waals surface area contributed by atoms with Gasteiger partial charge in [-0.3, -0.25) is 13.9 Å². The first-order chi connectivity index (χ1) is 18.6. The lowest BCUT2D eigenvalue weighted by molar-refractivity contribution is -0.139. The predicted molar refractivity (Wildman–Crippen MR) is 153 cm³/mol. The third-order valence-corrected chi connectivity index (χ3v) is 8.48. The number of amides is 2. The molecule has 0 heterocycles. The van der Waals surface area contributed by atoms with E-state index < -0.39 is 28.5 Å². The van der Waals surface area contributed by atoms with Crippen LogP contribution in [-0.4, -0.2) is 50.9 Å². The number of hydrogen-bond donors (Lipinski definition) is 1. The fourth-order valence-corrected chi connectivity index (χ4v) is 5.57. The number of nitrogens with one attached hydrogen (secondary N) is 1. The van der Waals surface area contributed by atoms with Crippen LogP contribution in [0.3, 0.4) is 0 Å². The van der Waals surface area contributed by atoms with Gasteiger partial charge in [-0.25, -0.2) is 8.42 Å². The summed E-state index contributed by atoms with van der Waals surface area (Å²) in [5.41, 5.74) is 0.994. The van der Waals surface area contributed by atoms with Gasteiger partial charge in [-0.1, -0.05) is 67.1 Å². The molecule has 8 nitrogen and oxygen atoms in total. The van der Waals surface area contributed by atoms with Gasteiger partial charge in [0.15, 0.2) is 0 Å². The lowest BCUT2D eigenvalue weighted by Crippen LogP contribution is -2.52. The molecule has 2 amide bonds. The maximum absolute atomic E-state index is 13.9. The number of benzene rings is 3. The van der Waals surface area contributed by atoms with Crippen molar-refractivity contribution >= 4 is 39.1 Å². The van der Waals surface area contributed by atoms with Crippen molar-refractivity contribution in [3.63, 3.8) is 0 Å². The molecule has 0 aliphatic carbocycles. The molecule has 39 heavy (non-hydrogen) atoms. The van der Waals surface area contributed by atoms with Crippen molar-refractivity contribution in [2.45, 2.75) is 50.7 Å². The third kappa shape index (κ3) is 7.52. The lowest BCUT2D eigenvalue weighted by Gasteiger charge is -2.32. The number of methoxy groups -OCH3 is 1. The van der Waals surface area contributed by atoms with Crippen LogP contribution >= 0.6 is 11.6 Å². The van der Waals surface area contributed by atoms with Crippen molar-refractivity contribution < 1.29 is 22.7 Å². The molecule has 208 valence electrons. The SMILES string of the molecule is CC[C@@H](C)NC(=O)[C@H](C)N(Cc1ccccc1)C(=O)CN(c1ccc(OC)c(Cl)c1)S(=O)(=O)c1ccccc1. The Morgan fingerprint density at radius 1 is 0.974 bits per heavy atom. The summed E-state index contributed by atoms with van der Waals surface area (Å²) in [4.78, 5) is 28.4. The molecule has 10 heteroatoms. The van der Waals surface area contributed by atoms with Gasteiger partial charge in [-0.2, -0.15) is 0 Å². The number of halogens is 1. The number of carbonyl (C=O) groups is 2. The van der Waals surface area contributed by atoms with Gasteiger partial charge in [0.1, 0.15) is 18.3 Å². The fraction of sp³-hybridized carbons (Fsp3) is 0.310. The average Bonchev–Trinajstić information content (AvgIpc) is 2.94. The first-order valence-corrected chi connectivity index (χ1v) is 14.4. The van der Waals surface area contributed by atoms with Gasteiger partial charge in [-0.15, -0.1) is 0 Å². The molecule has 0 spiro atoms. The standard InChI is InChI=1S/C29H34ClN3O5S/c1-5-21(2)31-29(35)22(3)32(19-23-12-8-6-9-13-23)28(34)20-33(24-16-17-27(38-4)26(30)18-24)39(36,37)25-14-10-7-11-15-25/h6-18,21-22H,5,19-20H2,1-4H3,(H,31,35)/t21-,22+/m1/s1. The van der Waals surface area contributed by atoms with Gasteiger partial charge in [0, 0.05) is 12.6 Å². The predicted octanol–water partition coefficient (Wildman–Crippen LogP) is 4.88. The van der Waals surface area contributed by atoms with Gasteiger partial charge in [0.2, 0.25) is 11.8 Å². The Labute approximate surface area is 235 Å². The Bertz CT molecular complexity index is 1370. The molecule has 0 bridgehead atoms. The zero-order chi connectivity index (χ0) is 28.6. The van der Waals surface area contributed by atoms with Crippen molar-refractivity contribution in [1.29, 1.82) is 0 Å². The second-order valence-corrected chi connectivity index (χ2v) is 11.4. The molecule has 3 aromatic rings. The van der Waals surface area contributed by atoms with Crippen molar-refractivity contribution in [3.8, 4) is 5.75 Å². The first-order valence-electron chi connectivity index (χ1n) is 12.6. The molecular weight excluding hydrogens is 538 g/mol. The third-order valence-electron chi connectivity index (χ3n) is 6.40. The average molecular weight is 572 g/mol. The number of hydrogen-bond acceptors (Lipinski definition) is 5. The van der Waals surface area contributed by atoms with Crippen LogP contribution in [0.15, 0.2) is 83.8 Å². The van der Waals surface area contributed by atoms with Crippen LogP contribution in [0, 0.1) is 0 Å². The molecular formula is C29H34ClN3O5S. The summed E-state index contributed by atoms with van der Waals surface area (Å²) in [5, 5.41) is 3.11. The van der Waals surface area contributed by atoms with E-state index in [9.17, 15) is 18.0 Å². The smallest absolute Gasteiger partial charge is 0.264 e. The Kier molecular flexibility index (Phi) is 10.4. The van der Waals surface area contributed by atoms with E-state index in [-0.39, 0.29) is 34.1 Å². The summed E-state index contributed by atoms with van der Waals surface area (Å²) in [6.07, 6.45) is 0.729. The molecule has 0 aliphatic rings.